The van der Waals surface area contributed by atoms with Gasteiger partial charge in [0.1, 0.15) is 0 Å². The number of allylic oxidation sites excluding steroid dienone is 1. The molecule has 0 aliphatic heterocycles. The Morgan fingerprint density at radius 1 is 0.771 bits per heavy atom. The third kappa shape index (κ3) is 7.09. The first kappa shape index (κ1) is 25.7. The van der Waals surface area contributed by atoms with Crippen LogP contribution in [-0.4, -0.2) is 12.6 Å². The fraction of sp³-hybridized carbons (Fsp3) is 0.545. The second-order valence-electron chi connectivity index (χ2n) is 10.8. The summed E-state index contributed by atoms with van der Waals surface area (Å²) in [5.74, 6) is 2.10. The van der Waals surface area contributed by atoms with Gasteiger partial charge in [0.25, 0.3) is 0 Å². The van der Waals surface area contributed by atoms with Crippen molar-refractivity contribution in [1.29, 1.82) is 0 Å². The Morgan fingerprint density at radius 2 is 1.40 bits per heavy atom. The fourth-order valence-electron chi connectivity index (χ4n) is 6.02. The van der Waals surface area contributed by atoms with Gasteiger partial charge in [-0.3, -0.25) is 0 Å². The molecule has 0 aromatic heterocycles. The van der Waals surface area contributed by atoms with Gasteiger partial charge >= 0.3 is 5.97 Å². The summed E-state index contributed by atoms with van der Waals surface area (Å²) in [4.78, 5) is 12.3. The summed E-state index contributed by atoms with van der Waals surface area (Å²) in [6.45, 7) is 5.03. The first-order valence-corrected chi connectivity index (χ1v) is 14.2. The van der Waals surface area contributed by atoms with Crippen LogP contribution in [0.15, 0.2) is 60.2 Å². The van der Waals surface area contributed by atoms with E-state index in [4.69, 9.17) is 4.74 Å². The Kier molecular flexibility index (Phi) is 9.63. The summed E-state index contributed by atoms with van der Waals surface area (Å²) < 4.78 is 5.44. The van der Waals surface area contributed by atoms with Crippen LogP contribution in [0.25, 0.3) is 11.1 Å². The van der Waals surface area contributed by atoms with Crippen LogP contribution in [0.3, 0.4) is 0 Å². The van der Waals surface area contributed by atoms with Gasteiger partial charge in [-0.25, -0.2) is 4.79 Å². The molecule has 0 bridgehead atoms. The molecule has 0 N–H and O–H groups in total. The first-order valence-electron chi connectivity index (χ1n) is 14.2. The Morgan fingerprint density at radius 3 is 1.94 bits per heavy atom. The number of ether oxygens (including phenoxy) is 1. The van der Waals surface area contributed by atoms with Crippen LogP contribution < -0.4 is 0 Å². The second-order valence-corrected chi connectivity index (χ2v) is 10.8. The minimum absolute atomic E-state index is 0.104. The van der Waals surface area contributed by atoms with Gasteiger partial charge < -0.3 is 4.74 Å². The highest BCUT2D eigenvalue weighted by molar-refractivity contribution is 5.88. The molecule has 2 aromatic carbocycles. The van der Waals surface area contributed by atoms with Gasteiger partial charge in [0.05, 0.1) is 6.61 Å². The molecular formula is C33H44O2. The molecule has 1 fully saturated rings. The molecule has 1 atom stereocenters. The van der Waals surface area contributed by atoms with Gasteiger partial charge in [0.15, 0.2) is 0 Å². The van der Waals surface area contributed by atoms with E-state index in [2.05, 4.69) is 68.5 Å². The minimum Gasteiger partial charge on any atom is -0.462 e. The van der Waals surface area contributed by atoms with E-state index in [9.17, 15) is 4.79 Å². The van der Waals surface area contributed by atoms with Crippen LogP contribution in [0, 0.1) is 5.92 Å². The van der Waals surface area contributed by atoms with Gasteiger partial charge in [0, 0.05) is 5.57 Å². The summed E-state index contributed by atoms with van der Waals surface area (Å²) in [7, 11) is 0. The maximum Gasteiger partial charge on any atom is 0.333 e. The molecule has 2 aliphatic carbocycles. The third-order valence-corrected chi connectivity index (χ3v) is 8.30. The summed E-state index contributed by atoms with van der Waals surface area (Å²) in [5.41, 5.74) is 6.36. The van der Waals surface area contributed by atoms with Crippen LogP contribution in [0.1, 0.15) is 114 Å². The average molecular weight is 473 g/mol. The quantitative estimate of drug-likeness (QED) is 0.254. The van der Waals surface area contributed by atoms with E-state index >= 15 is 0 Å². The van der Waals surface area contributed by atoms with Crippen LogP contribution in [0.5, 0.6) is 0 Å². The van der Waals surface area contributed by atoms with E-state index in [1.54, 1.807) is 0 Å². The molecule has 188 valence electrons. The lowest BCUT2D eigenvalue weighted by atomic mass is 9.77. The molecule has 2 aromatic rings. The first-order chi connectivity index (χ1) is 17.2. The Labute approximate surface area is 213 Å². The van der Waals surface area contributed by atoms with Gasteiger partial charge in [-0.1, -0.05) is 94.1 Å². The van der Waals surface area contributed by atoms with Gasteiger partial charge in [-0.2, -0.15) is 0 Å². The van der Waals surface area contributed by atoms with Crippen molar-refractivity contribution in [3.05, 3.63) is 71.3 Å². The molecule has 0 heterocycles. The predicted octanol–water partition coefficient (Wildman–Crippen LogP) is 9.35. The Balaban J connectivity index is 1.29. The SMILES string of the molecule is CCCCCOC(=O)C1=CCC(c2ccc(-c3ccc(C4CCC(CCC)CC4)cc3)cc2)CC1. The number of rotatable bonds is 10. The van der Waals surface area contributed by atoms with E-state index in [0.717, 1.165) is 55.9 Å². The highest BCUT2D eigenvalue weighted by atomic mass is 16.5. The van der Waals surface area contributed by atoms with E-state index in [-0.39, 0.29) is 5.97 Å². The minimum atomic E-state index is -0.104. The lowest BCUT2D eigenvalue weighted by molar-refractivity contribution is -0.139. The van der Waals surface area contributed by atoms with E-state index in [1.807, 2.05) is 0 Å². The van der Waals surface area contributed by atoms with Crippen molar-refractivity contribution >= 4 is 5.97 Å². The zero-order valence-corrected chi connectivity index (χ0v) is 21.9. The normalized spacial score (nSPS) is 22.5. The van der Waals surface area contributed by atoms with Crippen LogP contribution in [0.4, 0.5) is 0 Å². The van der Waals surface area contributed by atoms with Crippen molar-refractivity contribution in [2.75, 3.05) is 6.61 Å². The molecule has 0 amide bonds. The van der Waals surface area contributed by atoms with Crippen LogP contribution in [-0.2, 0) is 9.53 Å². The third-order valence-electron chi connectivity index (χ3n) is 8.30. The molecule has 4 rings (SSSR count). The predicted molar refractivity (Wildman–Crippen MR) is 147 cm³/mol. The number of carbonyl (C=O) groups excluding carboxylic acids is 1. The Hall–Kier alpha value is -2.35. The number of hydrogen-bond donors (Lipinski definition) is 0. The summed E-state index contributed by atoms with van der Waals surface area (Å²) in [6.07, 6.45) is 16.4. The molecule has 0 radical (unpaired) electrons. The Bertz CT molecular complexity index is 946. The molecule has 1 unspecified atom stereocenters. The topological polar surface area (TPSA) is 26.3 Å². The van der Waals surface area contributed by atoms with Crippen molar-refractivity contribution in [3.8, 4) is 11.1 Å². The lowest BCUT2D eigenvalue weighted by Gasteiger charge is -2.28. The maximum atomic E-state index is 12.3. The van der Waals surface area contributed by atoms with Crippen molar-refractivity contribution in [2.24, 2.45) is 5.92 Å². The van der Waals surface area contributed by atoms with E-state index < -0.39 is 0 Å². The number of hydrogen-bond acceptors (Lipinski definition) is 2. The van der Waals surface area contributed by atoms with Crippen LogP contribution in [0.2, 0.25) is 0 Å². The summed E-state index contributed by atoms with van der Waals surface area (Å²) >= 11 is 0. The largest absolute Gasteiger partial charge is 0.462 e. The summed E-state index contributed by atoms with van der Waals surface area (Å²) in [5, 5.41) is 0. The standard InChI is InChI=1S/C33H44O2/c1-3-5-6-24-35-33(34)32-22-20-31(21-23-32)30-18-16-29(17-19-30)28-14-12-27(13-15-28)26-10-8-25(7-4-2)9-11-26/h12-19,22,25-26,31H,3-11,20-21,23-24H2,1-2H3. The van der Waals surface area contributed by atoms with Crippen molar-refractivity contribution in [1.82, 2.24) is 0 Å². The lowest BCUT2D eigenvalue weighted by Crippen LogP contribution is -2.14. The van der Waals surface area contributed by atoms with Crippen molar-refractivity contribution in [2.45, 2.75) is 103 Å². The molecule has 2 nitrogen and oxygen atoms in total. The number of carbonyl (C=O) groups is 1. The molecule has 2 heteroatoms. The number of benzene rings is 2. The molecule has 2 aliphatic rings. The smallest absolute Gasteiger partial charge is 0.333 e. The summed E-state index contributed by atoms with van der Waals surface area (Å²) in [6, 6.07) is 18.4. The molecule has 0 saturated heterocycles. The van der Waals surface area contributed by atoms with Crippen molar-refractivity contribution in [3.63, 3.8) is 0 Å². The molecule has 0 spiro atoms. The highest BCUT2D eigenvalue weighted by Crippen LogP contribution is 2.38. The van der Waals surface area contributed by atoms with E-state index in [0.29, 0.717) is 12.5 Å². The molecule has 35 heavy (non-hydrogen) atoms. The second kappa shape index (κ2) is 13.1. The van der Waals surface area contributed by atoms with Gasteiger partial charge in [-0.05, 0) is 91.4 Å². The zero-order chi connectivity index (χ0) is 24.5. The van der Waals surface area contributed by atoms with Gasteiger partial charge in [-0.15, -0.1) is 0 Å². The monoisotopic (exact) mass is 472 g/mol. The van der Waals surface area contributed by atoms with E-state index in [1.165, 1.54) is 60.8 Å². The van der Waals surface area contributed by atoms with Gasteiger partial charge in [0.2, 0.25) is 0 Å². The fourth-order valence-corrected chi connectivity index (χ4v) is 6.02. The van der Waals surface area contributed by atoms with Crippen LogP contribution >= 0.6 is 0 Å². The number of unbranched alkanes of at least 4 members (excludes halogenated alkanes) is 2. The number of esters is 1. The molecule has 1 saturated carbocycles. The zero-order valence-electron chi connectivity index (χ0n) is 21.9. The maximum absolute atomic E-state index is 12.3. The molecular weight excluding hydrogens is 428 g/mol. The van der Waals surface area contributed by atoms with Crippen molar-refractivity contribution < 1.29 is 9.53 Å². The average Bonchev–Trinajstić information content (AvgIpc) is 2.92. The highest BCUT2D eigenvalue weighted by Gasteiger charge is 2.22.